The molecular weight excluding hydrogens is 262 g/mol. The second-order valence-corrected chi connectivity index (χ2v) is 6.12. The number of sulfonamides is 1. The molecule has 0 aromatic carbocycles. The maximum Gasteiger partial charge on any atom is 0.336 e. The first-order valence-electron chi connectivity index (χ1n) is 4.90. The zero-order valence-electron chi connectivity index (χ0n) is 9.21. The van der Waals surface area contributed by atoms with Crippen molar-refractivity contribution in [3.8, 4) is 0 Å². The van der Waals surface area contributed by atoms with E-state index in [-0.39, 0.29) is 9.77 Å². The highest BCUT2D eigenvalue weighted by atomic mass is 32.2. The number of nitrogens with one attached hydrogen (secondary N) is 1. The summed E-state index contributed by atoms with van der Waals surface area (Å²) in [6.45, 7) is 2.15. The minimum atomic E-state index is -3.58. The van der Waals surface area contributed by atoms with Gasteiger partial charge in [0, 0.05) is 11.9 Å². The monoisotopic (exact) mass is 275 g/mol. The van der Waals surface area contributed by atoms with Crippen molar-refractivity contribution < 1.29 is 18.3 Å². The van der Waals surface area contributed by atoms with Gasteiger partial charge >= 0.3 is 5.97 Å². The molecule has 7 heteroatoms. The van der Waals surface area contributed by atoms with Crippen LogP contribution in [0.15, 0.2) is 27.8 Å². The Kier molecular flexibility index (Phi) is 4.86. The van der Waals surface area contributed by atoms with Gasteiger partial charge in [-0.05, 0) is 19.4 Å². The van der Waals surface area contributed by atoms with Crippen molar-refractivity contribution in [2.75, 3.05) is 6.54 Å². The highest BCUT2D eigenvalue weighted by Crippen LogP contribution is 2.19. The van der Waals surface area contributed by atoms with Crippen LogP contribution in [0.3, 0.4) is 0 Å². The van der Waals surface area contributed by atoms with Gasteiger partial charge in [0.05, 0.1) is 5.56 Å². The minimum Gasteiger partial charge on any atom is -0.478 e. The van der Waals surface area contributed by atoms with Crippen LogP contribution < -0.4 is 4.72 Å². The lowest BCUT2D eigenvalue weighted by Gasteiger charge is -2.01. The van der Waals surface area contributed by atoms with Gasteiger partial charge in [0.15, 0.2) is 0 Å². The van der Waals surface area contributed by atoms with Gasteiger partial charge < -0.3 is 5.11 Å². The number of aromatic carboxylic acids is 1. The number of carbonyl (C=O) groups is 1. The molecule has 0 bridgehead atoms. The molecule has 2 N–H and O–H groups in total. The molecule has 5 nitrogen and oxygen atoms in total. The van der Waals surface area contributed by atoms with Crippen molar-refractivity contribution in [2.24, 2.45) is 0 Å². The standard InChI is InChI=1S/C10H13NO4S2/c1-2-3-4-5-11-17(14,15)9-6-8(7-16-9)10(12)13/h2-3,6-7,11H,4-5H2,1H3,(H,12,13)/b3-2+. The Hall–Kier alpha value is -1.18. The smallest absolute Gasteiger partial charge is 0.336 e. The fourth-order valence-electron chi connectivity index (χ4n) is 1.08. The first kappa shape index (κ1) is 13.9. The van der Waals surface area contributed by atoms with E-state index in [1.807, 2.05) is 19.1 Å². The lowest BCUT2D eigenvalue weighted by atomic mass is 10.4. The predicted octanol–water partition coefficient (Wildman–Crippen LogP) is 1.69. The average Bonchev–Trinajstić information content (AvgIpc) is 2.74. The van der Waals surface area contributed by atoms with Gasteiger partial charge in [-0.25, -0.2) is 17.9 Å². The second-order valence-electron chi connectivity index (χ2n) is 3.22. The lowest BCUT2D eigenvalue weighted by Crippen LogP contribution is -2.23. The molecule has 17 heavy (non-hydrogen) atoms. The van der Waals surface area contributed by atoms with Crippen molar-refractivity contribution in [1.29, 1.82) is 0 Å². The van der Waals surface area contributed by atoms with Gasteiger partial charge in [-0.15, -0.1) is 11.3 Å². The average molecular weight is 275 g/mol. The van der Waals surface area contributed by atoms with Gasteiger partial charge in [-0.2, -0.15) is 0 Å². The fraction of sp³-hybridized carbons (Fsp3) is 0.300. The SMILES string of the molecule is C/C=C/CCNS(=O)(=O)c1cc(C(=O)O)cs1. The van der Waals surface area contributed by atoms with E-state index in [0.717, 1.165) is 17.4 Å². The van der Waals surface area contributed by atoms with Gasteiger partial charge in [-0.1, -0.05) is 12.2 Å². The van der Waals surface area contributed by atoms with E-state index in [1.165, 1.54) is 5.38 Å². The number of carboxylic acids is 1. The number of thiophene rings is 1. The van der Waals surface area contributed by atoms with Crippen LogP contribution in [0.4, 0.5) is 0 Å². The normalized spacial score (nSPS) is 12.1. The van der Waals surface area contributed by atoms with Crippen LogP contribution in [-0.2, 0) is 10.0 Å². The third-order valence-corrected chi connectivity index (χ3v) is 4.83. The number of hydrogen-bond acceptors (Lipinski definition) is 4. The van der Waals surface area contributed by atoms with E-state index in [1.54, 1.807) is 0 Å². The van der Waals surface area contributed by atoms with E-state index in [4.69, 9.17) is 5.11 Å². The molecule has 1 rings (SSSR count). The van der Waals surface area contributed by atoms with Crippen LogP contribution in [0.2, 0.25) is 0 Å². The Balaban J connectivity index is 2.72. The van der Waals surface area contributed by atoms with Crippen molar-refractivity contribution in [1.82, 2.24) is 4.72 Å². The summed E-state index contributed by atoms with van der Waals surface area (Å²) in [6.07, 6.45) is 4.29. The van der Waals surface area contributed by atoms with Crippen molar-refractivity contribution >= 4 is 27.3 Å². The summed E-state index contributed by atoms with van der Waals surface area (Å²) in [5.41, 5.74) is -0.0103. The quantitative estimate of drug-likeness (QED) is 0.611. The van der Waals surface area contributed by atoms with Crippen molar-refractivity contribution in [2.45, 2.75) is 17.6 Å². The van der Waals surface area contributed by atoms with Crippen LogP contribution >= 0.6 is 11.3 Å². The highest BCUT2D eigenvalue weighted by Gasteiger charge is 2.17. The third kappa shape index (κ3) is 3.95. The molecule has 0 aliphatic heterocycles. The Morgan fingerprint density at radius 3 is 2.82 bits per heavy atom. The zero-order valence-corrected chi connectivity index (χ0v) is 10.8. The van der Waals surface area contributed by atoms with Crippen molar-refractivity contribution in [3.05, 3.63) is 29.2 Å². The van der Waals surface area contributed by atoms with Gasteiger partial charge in [0.25, 0.3) is 0 Å². The molecule has 1 aromatic heterocycles. The van der Waals surface area contributed by atoms with E-state index in [9.17, 15) is 13.2 Å². The zero-order chi connectivity index (χ0) is 12.9. The lowest BCUT2D eigenvalue weighted by molar-refractivity contribution is 0.0697. The van der Waals surface area contributed by atoms with Crippen LogP contribution in [0.5, 0.6) is 0 Å². The van der Waals surface area contributed by atoms with Gasteiger partial charge in [0.1, 0.15) is 4.21 Å². The molecule has 94 valence electrons. The maximum atomic E-state index is 11.7. The Morgan fingerprint density at radius 1 is 1.59 bits per heavy atom. The molecule has 0 saturated carbocycles. The molecule has 1 aromatic rings. The minimum absolute atomic E-state index is 0.0103. The topological polar surface area (TPSA) is 83.5 Å². The summed E-state index contributed by atoms with van der Waals surface area (Å²) in [5, 5.41) is 10.0. The molecule has 0 aliphatic rings. The van der Waals surface area contributed by atoms with E-state index in [0.29, 0.717) is 13.0 Å². The first-order chi connectivity index (χ1) is 7.97. The van der Waals surface area contributed by atoms with Crippen LogP contribution in [0.1, 0.15) is 23.7 Å². The van der Waals surface area contributed by atoms with Crippen molar-refractivity contribution in [3.63, 3.8) is 0 Å². The fourth-order valence-corrected chi connectivity index (χ4v) is 3.33. The number of rotatable bonds is 6. The Bertz CT molecular complexity index is 516. The van der Waals surface area contributed by atoms with E-state index >= 15 is 0 Å². The maximum absolute atomic E-state index is 11.7. The molecule has 0 saturated heterocycles. The molecule has 0 unspecified atom stereocenters. The molecule has 0 amide bonds. The largest absolute Gasteiger partial charge is 0.478 e. The summed E-state index contributed by atoms with van der Waals surface area (Å²) >= 11 is 0.899. The summed E-state index contributed by atoms with van der Waals surface area (Å²) < 4.78 is 25.9. The number of hydrogen-bond donors (Lipinski definition) is 2. The summed E-state index contributed by atoms with van der Waals surface area (Å²) in [5.74, 6) is -1.13. The molecule has 0 atom stereocenters. The van der Waals surface area contributed by atoms with Crippen LogP contribution in [-0.4, -0.2) is 26.0 Å². The highest BCUT2D eigenvalue weighted by molar-refractivity contribution is 7.91. The van der Waals surface area contributed by atoms with E-state index in [2.05, 4.69) is 4.72 Å². The molecule has 0 aliphatic carbocycles. The second kappa shape index (κ2) is 5.95. The van der Waals surface area contributed by atoms with Crippen LogP contribution in [0, 0.1) is 0 Å². The Morgan fingerprint density at radius 2 is 2.29 bits per heavy atom. The Labute approximate surface area is 104 Å². The number of allylic oxidation sites excluding steroid dienone is 1. The summed E-state index contributed by atoms with van der Waals surface area (Å²) in [4.78, 5) is 10.6. The first-order valence-corrected chi connectivity index (χ1v) is 7.26. The predicted molar refractivity (Wildman–Crippen MR) is 65.9 cm³/mol. The molecule has 0 fully saturated rings. The number of carboxylic acid groups (broad SMARTS) is 1. The molecule has 1 heterocycles. The van der Waals surface area contributed by atoms with E-state index < -0.39 is 16.0 Å². The summed E-state index contributed by atoms with van der Waals surface area (Å²) in [6, 6.07) is 1.16. The van der Waals surface area contributed by atoms with Crippen LogP contribution in [0.25, 0.3) is 0 Å². The molecular formula is C10H13NO4S2. The van der Waals surface area contributed by atoms with Gasteiger partial charge in [-0.3, -0.25) is 0 Å². The third-order valence-electron chi connectivity index (χ3n) is 1.93. The molecule has 0 spiro atoms. The van der Waals surface area contributed by atoms with Gasteiger partial charge in [0.2, 0.25) is 10.0 Å². The summed E-state index contributed by atoms with van der Waals surface area (Å²) in [7, 11) is -3.58. The molecule has 0 radical (unpaired) electrons.